The first-order chi connectivity index (χ1) is 10.1. The Balaban J connectivity index is 1.87. The third kappa shape index (κ3) is 4.72. The second kappa shape index (κ2) is 7.43. The third-order valence-electron chi connectivity index (χ3n) is 2.89. The Hall–Kier alpha value is -1.59. The van der Waals surface area contributed by atoms with Crippen molar-refractivity contribution < 1.29 is 13.9 Å². The van der Waals surface area contributed by atoms with Crippen LogP contribution in [-0.4, -0.2) is 13.2 Å². The van der Waals surface area contributed by atoms with E-state index in [0.717, 1.165) is 10.2 Å². The van der Waals surface area contributed by atoms with Gasteiger partial charge < -0.3 is 15.2 Å². The SMILES string of the molecule is C[C@@H](N)c1cc(F)ccc1OCCOc1ccc(Br)cc1. The summed E-state index contributed by atoms with van der Waals surface area (Å²) in [6.07, 6.45) is 0. The average Bonchev–Trinajstić information content (AvgIpc) is 2.46. The molecule has 0 aliphatic carbocycles. The van der Waals surface area contributed by atoms with E-state index in [0.29, 0.717) is 24.5 Å². The molecule has 0 heterocycles. The van der Waals surface area contributed by atoms with Crippen LogP contribution in [0.3, 0.4) is 0 Å². The molecule has 3 nitrogen and oxygen atoms in total. The highest BCUT2D eigenvalue weighted by Gasteiger charge is 2.09. The molecule has 0 aliphatic heterocycles. The molecule has 2 aromatic carbocycles. The lowest BCUT2D eigenvalue weighted by Gasteiger charge is -2.14. The Labute approximate surface area is 132 Å². The lowest BCUT2D eigenvalue weighted by molar-refractivity contribution is 0.215. The molecule has 2 N–H and O–H groups in total. The first-order valence-corrected chi connectivity index (χ1v) is 7.42. The minimum atomic E-state index is -0.319. The highest BCUT2D eigenvalue weighted by atomic mass is 79.9. The van der Waals surface area contributed by atoms with Crippen LogP contribution in [0.2, 0.25) is 0 Å². The van der Waals surface area contributed by atoms with Crippen LogP contribution < -0.4 is 15.2 Å². The van der Waals surface area contributed by atoms with E-state index in [1.54, 1.807) is 13.0 Å². The third-order valence-corrected chi connectivity index (χ3v) is 3.41. The number of hydrogen-bond donors (Lipinski definition) is 1. The van der Waals surface area contributed by atoms with Gasteiger partial charge in [-0.05, 0) is 49.4 Å². The number of benzene rings is 2. The highest BCUT2D eigenvalue weighted by molar-refractivity contribution is 9.10. The van der Waals surface area contributed by atoms with E-state index < -0.39 is 0 Å². The molecule has 0 unspecified atom stereocenters. The van der Waals surface area contributed by atoms with E-state index in [9.17, 15) is 4.39 Å². The Morgan fingerprint density at radius 2 is 1.76 bits per heavy atom. The van der Waals surface area contributed by atoms with E-state index in [1.807, 2.05) is 24.3 Å². The second-order valence-electron chi connectivity index (χ2n) is 4.62. The normalized spacial score (nSPS) is 12.0. The van der Waals surface area contributed by atoms with Crippen LogP contribution in [0.25, 0.3) is 0 Å². The largest absolute Gasteiger partial charge is 0.490 e. The van der Waals surface area contributed by atoms with Gasteiger partial charge in [-0.3, -0.25) is 0 Å². The predicted octanol–water partition coefficient (Wildman–Crippen LogP) is 4.07. The molecule has 0 saturated carbocycles. The maximum absolute atomic E-state index is 13.2. The number of ether oxygens (including phenoxy) is 2. The van der Waals surface area contributed by atoms with Gasteiger partial charge in [-0.2, -0.15) is 0 Å². The molecule has 0 aromatic heterocycles. The van der Waals surface area contributed by atoms with E-state index in [4.69, 9.17) is 15.2 Å². The maximum Gasteiger partial charge on any atom is 0.124 e. The van der Waals surface area contributed by atoms with Gasteiger partial charge in [0.15, 0.2) is 0 Å². The van der Waals surface area contributed by atoms with Crippen molar-refractivity contribution in [3.8, 4) is 11.5 Å². The van der Waals surface area contributed by atoms with Gasteiger partial charge in [0.25, 0.3) is 0 Å². The van der Waals surface area contributed by atoms with Gasteiger partial charge in [0.05, 0.1) is 0 Å². The Kier molecular flexibility index (Phi) is 5.59. The Morgan fingerprint density at radius 1 is 1.10 bits per heavy atom. The van der Waals surface area contributed by atoms with Crippen LogP contribution >= 0.6 is 15.9 Å². The number of rotatable bonds is 6. The van der Waals surface area contributed by atoms with Gasteiger partial charge in [-0.15, -0.1) is 0 Å². The van der Waals surface area contributed by atoms with Crippen LogP contribution in [0.15, 0.2) is 46.9 Å². The van der Waals surface area contributed by atoms with E-state index in [1.165, 1.54) is 12.1 Å². The van der Waals surface area contributed by atoms with Gasteiger partial charge in [0.2, 0.25) is 0 Å². The lowest BCUT2D eigenvalue weighted by Crippen LogP contribution is -2.13. The van der Waals surface area contributed by atoms with Crippen molar-refractivity contribution in [2.24, 2.45) is 5.73 Å². The highest BCUT2D eigenvalue weighted by Crippen LogP contribution is 2.24. The molecule has 2 aromatic rings. The smallest absolute Gasteiger partial charge is 0.124 e. The molecule has 2 rings (SSSR count). The first kappa shape index (κ1) is 15.8. The zero-order valence-corrected chi connectivity index (χ0v) is 13.3. The predicted molar refractivity (Wildman–Crippen MR) is 84.1 cm³/mol. The summed E-state index contributed by atoms with van der Waals surface area (Å²) in [5.74, 6) is 1.04. The van der Waals surface area contributed by atoms with Crippen LogP contribution in [-0.2, 0) is 0 Å². The fourth-order valence-electron chi connectivity index (χ4n) is 1.85. The van der Waals surface area contributed by atoms with Crippen LogP contribution in [0.4, 0.5) is 4.39 Å². The monoisotopic (exact) mass is 353 g/mol. The molecular weight excluding hydrogens is 337 g/mol. The lowest BCUT2D eigenvalue weighted by atomic mass is 10.1. The molecule has 0 fully saturated rings. The fraction of sp³-hybridized carbons (Fsp3) is 0.250. The second-order valence-corrected chi connectivity index (χ2v) is 5.54. The molecule has 0 spiro atoms. The molecule has 1 atom stereocenters. The molecule has 0 saturated heterocycles. The minimum Gasteiger partial charge on any atom is -0.490 e. The quantitative estimate of drug-likeness (QED) is 0.796. The van der Waals surface area contributed by atoms with Gasteiger partial charge in [-0.25, -0.2) is 4.39 Å². The fourth-order valence-corrected chi connectivity index (χ4v) is 2.11. The molecule has 112 valence electrons. The number of halogens is 2. The first-order valence-electron chi connectivity index (χ1n) is 6.62. The maximum atomic E-state index is 13.2. The number of nitrogens with two attached hydrogens (primary N) is 1. The molecule has 0 aliphatic rings. The van der Waals surface area contributed by atoms with Crippen LogP contribution in [0, 0.1) is 5.82 Å². The number of hydrogen-bond acceptors (Lipinski definition) is 3. The summed E-state index contributed by atoms with van der Waals surface area (Å²) in [6.45, 7) is 2.55. The van der Waals surface area contributed by atoms with Crippen molar-refractivity contribution >= 4 is 15.9 Å². The molecular formula is C16H17BrFNO2. The van der Waals surface area contributed by atoms with Gasteiger partial charge >= 0.3 is 0 Å². The van der Waals surface area contributed by atoms with Gasteiger partial charge in [0.1, 0.15) is 30.5 Å². The van der Waals surface area contributed by atoms with Crippen molar-refractivity contribution in [3.05, 3.63) is 58.3 Å². The summed E-state index contributed by atoms with van der Waals surface area (Å²) in [7, 11) is 0. The van der Waals surface area contributed by atoms with Crippen molar-refractivity contribution in [1.29, 1.82) is 0 Å². The molecule has 0 bridgehead atoms. The molecule has 21 heavy (non-hydrogen) atoms. The van der Waals surface area contributed by atoms with Crippen molar-refractivity contribution in [3.63, 3.8) is 0 Å². The van der Waals surface area contributed by atoms with Gasteiger partial charge in [0, 0.05) is 16.1 Å². The van der Waals surface area contributed by atoms with Crippen LogP contribution in [0.1, 0.15) is 18.5 Å². The summed E-state index contributed by atoms with van der Waals surface area (Å²) in [4.78, 5) is 0. The summed E-state index contributed by atoms with van der Waals surface area (Å²) < 4.78 is 25.4. The zero-order valence-electron chi connectivity index (χ0n) is 11.7. The summed E-state index contributed by atoms with van der Waals surface area (Å²) in [5.41, 5.74) is 6.46. The van der Waals surface area contributed by atoms with Crippen molar-refractivity contribution in [2.75, 3.05) is 13.2 Å². The van der Waals surface area contributed by atoms with E-state index >= 15 is 0 Å². The Morgan fingerprint density at radius 3 is 2.43 bits per heavy atom. The molecule has 0 amide bonds. The van der Waals surface area contributed by atoms with Crippen molar-refractivity contribution in [2.45, 2.75) is 13.0 Å². The summed E-state index contributed by atoms with van der Waals surface area (Å²) in [5, 5.41) is 0. The molecule has 0 radical (unpaired) electrons. The Bertz CT molecular complexity index is 587. The summed E-state index contributed by atoms with van der Waals surface area (Å²) in [6, 6.07) is 11.6. The van der Waals surface area contributed by atoms with Gasteiger partial charge in [-0.1, -0.05) is 15.9 Å². The van der Waals surface area contributed by atoms with E-state index in [-0.39, 0.29) is 11.9 Å². The average molecular weight is 354 g/mol. The van der Waals surface area contributed by atoms with Crippen LogP contribution in [0.5, 0.6) is 11.5 Å². The summed E-state index contributed by atoms with van der Waals surface area (Å²) >= 11 is 3.36. The zero-order chi connectivity index (χ0) is 15.2. The van der Waals surface area contributed by atoms with Crippen molar-refractivity contribution in [1.82, 2.24) is 0 Å². The minimum absolute atomic E-state index is 0.289. The standard InChI is InChI=1S/C16H17BrFNO2/c1-11(19)15-10-13(18)4-7-16(15)21-9-8-20-14-5-2-12(17)3-6-14/h2-7,10-11H,8-9,19H2,1H3/t11-/m1/s1. The van der Waals surface area contributed by atoms with E-state index in [2.05, 4.69) is 15.9 Å². The molecule has 5 heteroatoms. The topological polar surface area (TPSA) is 44.5 Å².